The Morgan fingerprint density at radius 3 is 2.67 bits per heavy atom. The highest BCUT2D eigenvalue weighted by Gasteiger charge is 2.09. The number of hydrogen-bond donors (Lipinski definition) is 1. The molecule has 0 fully saturated rings. The minimum Gasteiger partial charge on any atom is -0.318 e. The molecule has 120 valence electrons. The summed E-state index contributed by atoms with van der Waals surface area (Å²) in [5.74, 6) is -0.281. The lowest BCUT2D eigenvalue weighted by Gasteiger charge is -2.08. The SMILES string of the molecule is Cc1cc(/C=N\NC(=O)c2cccnc2)c(C)n1-c1ccccc1. The first-order valence-electron chi connectivity index (χ1n) is 7.64. The monoisotopic (exact) mass is 318 g/mol. The molecule has 0 bridgehead atoms. The predicted octanol–water partition coefficient (Wildman–Crippen LogP) is 3.25. The first kappa shape index (κ1) is 15.7. The van der Waals surface area contributed by atoms with Gasteiger partial charge in [0.05, 0.1) is 11.8 Å². The molecule has 1 amide bonds. The van der Waals surface area contributed by atoms with Gasteiger partial charge < -0.3 is 4.57 Å². The van der Waals surface area contributed by atoms with Crippen LogP contribution in [-0.4, -0.2) is 21.7 Å². The molecule has 0 saturated heterocycles. The highest BCUT2D eigenvalue weighted by Crippen LogP contribution is 2.19. The number of nitrogens with one attached hydrogen (secondary N) is 1. The van der Waals surface area contributed by atoms with Crippen molar-refractivity contribution in [3.8, 4) is 5.69 Å². The summed E-state index contributed by atoms with van der Waals surface area (Å²) >= 11 is 0. The molecule has 5 nitrogen and oxygen atoms in total. The zero-order chi connectivity index (χ0) is 16.9. The molecule has 0 aliphatic carbocycles. The third-order valence-electron chi connectivity index (χ3n) is 3.78. The van der Waals surface area contributed by atoms with E-state index in [-0.39, 0.29) is 5.91 Å². The van der Waals surface area contributed by atoms with E-state index in [4.69, 9.17) is 0 Å². The highest BCUT2D eigenvalue weighted by molar-refractivity contribution is 5.94. The number of benzene rings is 1. The first-order valence-corrected chi connectivity index (χ1v) is 7.64. The molecule has 0 aliphatic heterocycles. The summed E-state index contributed by atoms with van der Waals surface area (Å²) in [4.78, 5) is 15.9. The maximum Gasteiger partial charge on any atom is 0.272 e. The average molecular weight is 318 g/mol. The van der Waals surface area contributed by atoms with E-state index >= 15 is 0 Å². The summed E-state index contributed by atoms with van der Waals surface area (Å²) in [6.45, 7) is 4.08. The summed E-state index contributed by atoms with van der Waals surface area (Å²) in [6.07, 6.45) is 4.79. The van der Waals surface area contributed by atoms with Crippen molar-refractivity contribution in [2.75, 3.05) is 0 Å². The molecule has 0 unspecified atom stereocenters. The van der Waals surface area contributed by atoms with Gasteiger partial charge >= 0.3 is 0 Å². The molecule has 2 heterocycles. The summed E-state index contributed by atoms with van der Waals surface area (Å²) in [5, 5.41) is 4.06. The minimum absolute atomic E-state index is 0.281. The van der Waals surface area contributed by atoms with E-state index in [1.807, 2.05) is 38.1 Å². The van der Waals surface area contributed by atoms with Crippen LogP contribution in [0.3, 0.4) is 0 Å². The Labute approximate surface area is 140 Å². The maximum atomic E-state index is 11.9. The van der Waals surface area contributed by atoms with Crippen LogP contribution in [0.1, 0.15) is 27.3 Å². The van der Waals surface area contributed by atoms with E-state index in [0.29, 0.717) is 5.56 Å². The van der Waals surface area contributed by atoms with E-state index in [9.17, 15) is 4.79 Å². The van der Waals surface area contributed by atoms with Crippen molar-refractivity contribution in [1.82, 2.24) is 15.0 Å². The van der Waals surface area contributed by atoms with Crippen LogP contribution in [0.5, 0.6) is 0 Å². The van der Waals surface area contributed by atoms with Crippen molar-refractivity contribution in [2.45, 2.75) is 13.8 Å². The van der Waals surface area contributed by atoms with E-state index in [1.165, 1.54) is 6.20 Å². The van der Waals surface area contributed by atoms with E-state index in [2.05, 4.69) is 32.2 Å². The Hall–Kier alpha value is -3.21. The number of aromatic nitrogens is 2. The number of carbonyl (C=O) groups excluding carboxylic acids is 1. The molecule has 0 atom stereocenters. The molecule has 1 N–H and O–H groups in total. The number of hydrogen-bond acceptors (Lipinski definition) is 3. The quantitative estimate of drug-likeness (QED) is 0.593. The summed E-state index contributed by atoms with van der Waals surface area (Å²) < 4.78 is 2.16. The number of rotatable bonds is 4. The minimum atomic E-state index is -0.281. The molecule has 24 heavy (non-hydrogen) atoms. The third-order valence-corrected chi connectivity index (χ3v) is 3.78. The maximum absolute atomic E-state index is 11.9. The second-order valence-electron chi connectivity index (χ2n) is 5.44. The van der Waals surface area contributed by atoms with Gasteiger partial charge in [-0.25, -0.2) is 5.43 Å². The van der Waals surface area contributed by atoms with Crippen molar-refractivity contribution in [2.24, 2.45) is 5.10 Å². The number of carbonyl (C=O) groups is 1. The summed E-state index contributed by atoms with van der Waals surface area (Å²) in [7, 11) is 0. The molecule has 0 saturated carbocycles. The van der Waals surface area contributed by atoms with E-state index < -0.39 is 0 Å². The Morgan fingerprint density at radius 2 is 1.96 bits per heavy atom. The second-order valence-corrected chi connectivity index (χ2v) is 5.44. The van der Waals surface area contributed by atoms with Gasteiger partial charge in [-0.1, -0.05) is 18.2 Å². The van der Waals surface area contributed by atoms with Crippen LogP contribution in [0, 0.1) is 13.8 Å². The van der Waals surface area contributed by atoms with E-state index in [0.717, 1.165) is 22.6 Å². The zero-order valence-electron chi connectivity index (χ0n) is 13.6. The van der Waals surface area contributed by atoms with Crippen LogP contribution in [-0.2, 0) is 0 Å². The summed E-state index contributed by atoms with van der Waals surface area (Å²) in [6, 6.07) is 15.6. The van der Waals surface area contributed by atoms with Gasteiger partial charge in [-0.3, -0.25) is 9.78 Å². The van der Waals surface area contributed by atoms with Gasteiger partial charge in [-0.05, 0) is 44.2 Å². The normalized spacial score (nSPS) is 10.9. The fourth-order valence-corrected chi connectivity index (χ4v) is 2.61. The van der Waals surface area contributed by atoms with Crippen LogP contribution in [0.15, 0.2) is 66.0 Å². The van der Waals surface area contributed by atoms with E-state index in [1.54, 1.807) is 24.5 Å². The molecule has 3 aromatic rings. The predicted molar refractivity (Wildman–Crippen MR) is 94.5 cm³/mol. The van der Waals surface area contributed by atoms with Crippen molar-refractivity contribution >= 4 is 12.1 Å². The Balaban J connectivity index is 1.78. The molecule has 0 aliphatic rings. The number of para-hydroxylation sites is 1. The fourth-order valence-electron chi connectivity index (χ4n) is 2.61. The van der Waals surface area contributed by atoms with Crippen LogP contribution >= 0.6 is 0 Å². The smallest absolute Gasteiger partial charge is 0.272 e. The molecule has 0 spiro atoms. The number of amides is 1. The standard InChI is InChI=1S/C19H18N4O/c1-14-11-17(15(2)23(14)18-8-4-3-5-9-18)13-21-22-19(24)16-7-6-10-20-12-16/h3-13H,1-2H3,(H,22,24)/b21-13-. The van der Waals surface area contributed by atoms with Gasteiger partial charge in [0, 0.05) is 35.0 Å². The zero-order valence-corrected chi connectivity index (χ0v) is 13.6. The highest BCUT2D eigenvalue weighted by atomic mass is 16.2. The van der Waals surface area contributed by atoms with Crippen molar-refractivity contribution < 1.29 is 4.79 Å². The fraction of sp³-hybridized carbons (Fsp3) is 0.105. The molecular formula is C19H18N4O. The Kier molecular flexibility index (Phi) is 4.52. The number of pyridine rings is 1. The molecule has 2 aromatic heterocycles. The Bertz CT molecular complexity index is 867. The van der Waals surface area contributed by atoms with Gasteiger partial charge in [0.25, 0.3) is 5.91 Å². The van der Waals surface area contributed by atoms with Crippen molar-refractivity contribution in [3.05, 3.63) is 83.4 Å². The van der Waals surface area contributed by atoms with Gasteiger partial charge in [-0.2, -0.15) is 5.10 Å². The van der Waals surface area contributed by atoms with Crippen LogP contribution in [0.25, 0.3) is 5.69 Å². The molecule has 1 aromatic carbocycles. The lowest BCUT2D eigenvalue weighted by atomic mass is 10.2. The number of nitrogens with zero attached hydrogens (tertiary/aromatic N) is 3. The van der Waals surface area contributed by atoms with Gasteiger partial charge in [-0.15, -0.1) is 0 Å². The number of hydrazone groups is 1. The topological polar surface area (TPSA) is 59.3 Å². The third kappa shape index (κ3) is 3.25. The second kappa shape index (κ2) is 6.91. The molecule has 5 heteroatoms. The van der Waals surface area contributed by atoms with Crippen LogP contribution < -0.4 is 5.43 Å². The van der Waals surface area contributed by atoms with Gasteiger partial charge in [0.1, 0.15) is 0 Å². The van der Waals surface area contributed by atoms with Gasteiger partial charge in [0.2, 0.25) is 0 Å². The summed E-state index contributed by atoms with van der Waals surface area (Å²) in [5.41, 5.74) is 7.24. The van der Waals surface area contributed by atoms with Crippen LogP contribution in [0.4, 0.5) is 0 Å². The van der Waals surface area contributed by atoms with Crippen molar-refractivity contribution in [1.29, 1.82) is 0 Å². The van der Waals surface area contributed by atoms with Crippen LogP contribution in [0.2, 0.25) is 0 Å². The van der Waals surface area contributed by atoms with Crippen molar-refractivity contribution in [3.63, 3.8) is 0 Å². The number of aryl methyl sites for hydroxylation is 1. The lowest BCUT2D eigenvalue weighted by molar-refractivity contribution is 0.0955. The molecular weight excluding hydrogens is 300 g/mol. The molecule has 3 rings (SSSR count). The average Bonchev–Trinajstić information content (AvgIpc) is 2.90. The Morgan fingerprint density at radius 1 is 1.17 bits per heavy atom. The molecule has 0 radical (unpaired) electrons. The lowest BCUT2D eigenvalue weighted by Crippen LogP contribution is -2.17. The van der Waals surface area contributed by atoms with Gasteiger partial charge in [0.15, 0.2) is 0 Å². The largest absolute Gasteiger partial charge is 0.318 e. The first-order chi connectivity index (χ1) is 11.7.